The standard InChI is InChI=1S/C15H18N4O/c16-12-5-6-13(14-11(12)2-1-7-18-14)17-8-9-19-15(20)10-3-4-10/h1-2,5-7,10,17H,3-4,8-9,16H2,(H,19,20). The molecule has 4 N–H and O–H groups in total. The lowest BCUT2D eigenvalue weighted by molar-refractivity contribution is -0.122. The lowest BCUT2D eigenvalue weighted by Crippen LogP contribution is -2.29. The number of nitrogen functional groups attached to an aromatic ring is 1. The Morgan fingerprint density at radius 3 is 2.95 bits per heavy atom. The molecule has 1 aromatic heterocycles. The van der Waals surface area contributed by atoms with Crippen molar-refractivity contribution in [3.05, 3.63) is 30.5 Å². The van der Waals surface area contributed by atoms with Gasteiger partial charge in [0.2, 0.25) is 5.91 Å². The summed E-state index contributed by atoms with van der Waals surface area (Å²) in [6.45, 7) is 1.29. The number of rotatable bonds is 5. The smallest absolute Gasteiger partial charge is 0.223 e. The Morgan fingerprint density at radius 1 is 1.30 bits per heavy atom. The lowest BCUT2D eigenvalue weighted by atomic mass is 10.1. The molecule has 0 saturated heterocycles. The van der Waals surface area contributed by atoms with Crippen molar-refractivity contribution in [2.75, 3.05) is 24.1 Å². The fourth-order valence-corrected chi connectivity index (χ4v) is 2.21. The molecule has 1 aliphatic carbocycles. The van der Waals surface area contributed by atoms with E-state index in [1.165, 1.54) is 0 Å². The van der Waals surface area contributed by atoms with E-state index in [2.05, 4.69) is 15.6 Å². The number of aromatic nitrogens is 1. The van der Waals surface area contributed by atoms with Gasteiger partial charge in [-0.1, -0.05) is 0 Å². The Morgan fingerprint density at radius 2 is 2.15 bits per heavy atom. The predicted molar refractivity (Wildman–Crippen MR) is 80.4 cm³/mol. The number of nitrogens with two attached hydrogens (primary N) is 1. The van der Waals surface area contributed by atoms with Gasteiger partial charge in [0.25, 0.3) is 0 Å². The number of fused-ring (bicyclic) bond motifs is 1. The van der Waals surface area contributed by atoms with Gasteiger partial charge < -0.3 is 16.4 Å². The van der Waals surface area contributed by atoms with Crippen molar-refractivity contribution in [2.45, 2.75) is 12.8 Å². The predicted octanol–water partition coefficient (Wildman–Crippen LogP) is 1.76. The molecular formula is C15H18N4O. The van der Waals surface area contributed by atoms with Crippen LogP contribution >= 0.6 is 0 Å². The van der Waals surface area contributed by atoms with E-state index in [1.807, 2.05) is 24.3 Å². The van der Waals surface area contributed by atoms with Crippen molar-refractivity contribution >= 4 is 28.2 Å². The number of anilines is 2. The molecule has 1 amide bonds. The molecule has 5 heteroatoms. The van der Waals surface area contributed by atoms with Gasteiger partial charge >= 0.3 is 0 Å². The number of benzene rings is 1. The zero-order valence-electron chi connectivity index (χ0n) is 11.2. The van der Waals surface area contributed by atoms with E-state index in [0.717, 1.165) is 35.1 Å². The largest absolute Gasteiger partial charge is 0.398 e. The Kier molecular flexibility index (Phi) is 3.41. The van der Waals surface area contributed by atoms with Gasteiger partial charge in [0.15, 0.2) is 0 Å². The fourth-order valence-electron chi connectivity index (χ4n) is 2.21. The molecule has 1 heterocycles. The molecule has 1 aliphatic rings. The van der Waals surface area contributed by atoms with Crippen molar-refractivity contribution in [1.29, 1.82) is 0 Å². The van der Waals surface area contributed by atoms with Crippen LogP contribution in [0.1, 0.15) is 12.8 Å². The van der Waals surface area contributed by atoms with Gasteiger partial charge in [0, 0.05) is 36.3 Å². The van der Waals surface area contributed by atoms with Crippen LogP contribution in [0, 0.1) is 5.92 Å². The molecule has 0 radical (unpaired) electrons. The second-order valence-electron chi connectivity index (χ2n) is 5.09. The van der Waals surface area contributed by atoms with Crippen molar-refractivity contribution in [1.82, 2.24) is 10.3 Å². The number of carbonyl (C=O) groups excluding carboxylic acids is 1. The van der Waals surface area contributed by atoms with Gasteiger partial charge in [0.1, 0.15) is 0 Å². The van der Waals surface area contributed by atoms with Crippen LogP contribution < -0.4 is 16.4 Å². The van der Waals surface area contributed by atoms with Crippen LogP contribution in [0.5, 0.6) is 0 Å². The molecule has 0 bridgehead atoms. The van der Waals surface area contributed by atoms with Crippen molar-refractivity contribution in [3.8, 4) is 0 Å². The Hall–Kier alpha value is -2.30. The summed E-state index contributed by atoms with van der Waals surface area (Å²) in [6.07, 6.45) is 3.82. The van der Waals surface area contributed by atoms with Crippen LogP contribution in [0.15, 0.2) is 30.5 Å². The number of hydrogen-bond acceptors (Lipinski definition) is 4. The molecule has 5 nitrogen and oxygen atoms in total. The summed E-state index contributed by atoms with van der Waals surface area (Å²) in [5.41, 5.74) is 8.46. The highest BCUT2D eigenvalue weighted by Crippen LogP contribution is 2.28. The van der Waals surface area contributed by atoms with Gasteiger partial charge in [0.05, 0.1) is 11.2 Å². The first-order valence-electron chi connectivity index (χ1n) is 6.90. The quantitative estimate of drug-likeness (QED) is 0.571. The molecule has 1 saturated carbocycles. The molecular weight excluding hydrogens is 252 g/mol. The van der Waals surface area contributed by atoms with Crippen LogP contribution in [0.4, 0.5) is 11.4 Å². The zero-order valence-corrected chi connectivity index (χ0v) is 11.2. The number of carbonyl (C=O) groups is 1. The van der Waals surface area contributed by atoms with Crippen LogP contribution in [0.25, 0.3) is 10.9 Å². The first kappa shape index (κ1) is 12.7. The maximum Gasteiger partial charge on any atom is 0.223 e. The van der Waals surface area contributed by atoms with Gasteiger partial charge in [-0.15, -0.1) is 0 Å². The Bertz CT molecular complexity index is 637. The third-order valence-electron chi connectivity index (χ3n) is 3.49. The Balaban J connectivity index is 1.62. The van der Waals surface area contributed by atoms with Crippen LogP contribution in [0.3, 0.4) is 0 Å². The molecule has 0 atom stereocenters. The van der Waals surface area contributed by atoms with Crippen LogP contribution in [-0.2, 0) is 4.79 Å². The first-order chi connectivity index (χ1) is 9.75. The Labute approximate surface area is 117 Å². The summed E-state index contributed by atoms with van der Waals surface area (Å²) in [6, 6.07) is 7.62. The van der Waals surface area contributed by atoms with E-state index < -0.39 is 0 Å². The van der Waals surface area contributed by atoms with E-state index in [4.69, 9.17) is 5.73 Å². The van der Waals surface area contributed by atoms with Gasteiger partial charge in [-0.2, -0.15) is 0 Å². The molecule has 1 fully saturated rings. The van der Waals surface area contributed by atoms with Crippen LogP contribution in [0.2, 0.25) is 0 Å². The number of nitrogens with zero attached hydrogens (tertiary/aromatic N) is 1. The lowest BCUT2D eigenvalue weighted by Gasteiger charge is -2.11. The normalized spacial score (nSPS) is 14.2. The summed E-state index contributed by atoms with van der Waals surface area (Å²) in [4.78, 5) is 15.9. The molecule has 2 aromatic rings. The maximum atomic E-state index is 11.5. The van der Waals surface area contributed by atoms with Crippen molar-refractivity contribution in [2.24, 2.45) is 5.92 Å². The first-order valence-corrected chi connectivity index (χ1v) is 6.90. The van der Waals surface area contributed by atoms with E-state index in [-0.39, 0.29) is 11.8 Å². The highest BCUT2D eigenvalue weighted by molar-refractivity contribution is 5.98. The van der Waals surface area contributed by atoms with E-state index >= 15 is 0 Å². The number of amides is 1. The maximum absolute atomic E-state index is 11.5. The molecule has 20 heavy (non-hydrogen) atoms. The second-order valence-corrected chi connectivity index (χ2v) is 5.09. The number of pyridine rings is 1. The van der Waals surface area contributed by atoms with Gasteiger partial charge in [-0.3, -0.25) is 9.78 Å². The van der Waals surface area contributed by atoms with E-state index in [0.29, 0.717) is 13.1 Å². The van der Waals surface area contributed by atoms with Crippen LogP contribution in [-0.4, -0.2) is 24.0 Å². The van der Waals surface area contributed by atoms with Crippen molar-refractivity contribution < 1.29 is 4.79 Å². The summed E-state index contributed by atoms with van der Waals surface area (Å²) >= 11 is 0. The summed E-state index contributed by atoms with van der Waals surface area (Å²) < 4.78 is 0. The highest BCUT2D eigenvalue weighted by Gasteiger charge is 2.28. The summed E-state index contributed by atoms with van der Waals surface area (Å²) in [7, 11) is 0. The molecule has 0 spiro atoms. The minimum absolute atomic E-state index is 0.173. The van der Waals surface area contributed by atoms with Gasteiger partial charge in [-0.05, 0) is 37.1 Å². The van der Waals surface area contributed by atoms with E-state index in [9.17, 15) is 4.79 Å². The van der Waals surface area contributed by atoms with Crippen molar-refractivity contribution in [3.63, 3.8) is 0 Å². The zero-order chi connectivity index (χ0) is 13.9. The minimum atomic E-state index is 0.173. The second kappa shape index (κ2) is 5.36. The van der Waals surface area contributed by atoms with E-state index in [1.54, 1.807) is 6.20 Å². The summed E-state index contributed by atoms with van der Waals surface area (Å²) in [5, 5.41) is 7.17. The third kappa shape index (κ3) is 2.66. The monoisotopic (exact) mass is 270 g/mol. The molecule has 0 unspecified atom stereocenters. The minimum Gasteiger partial charge on any atom is -0.398 e. The molecule has 104 valence electrons. The third-order valence-corrected chi connectivity index (χ3v) is 3.49. The molecule has 3 rings (SSSR count). The molecule has 0 aliphatic heterocycles. The number of hydrogen-bond donors (Lipinski definition) is 3. The topological polar surface area (TPSA) is 80.0 Å². The average molecular weight is 270 g/mol. The highest BCUT2D eigenvalue weighted by atomic mass is 16.2. The van der Waals surface area contributed by atoms with Gasteiger partial charge in [-0.25, -0.2) is 0 Å². The SMILES string of the molecule is Nc1ccc(NCCNC(=O)C2CC2)c2ncccc12. The summed E-state index contributed by atoms with van der Waals surface area (Å²) in [5.74, 6) is 0.432. The fraction of sp³-hybridized carbons (Fsp3) is 0.333. The molecule has 1 aromatic carbocycles. The average Bonchev–Trinajstić information content (AvgIpc) is 3.30. The number of nitrogens with one attached hydrogen (secondary N) is 2.